The molecule has 1 heterocycles. The van der Waals surface area contributed by atoms with Crippen molar-refractivity contribution >= 4 is 29.3 Å². The Balaban J connectivity index is 2.17. The third kappa shape index (κ3) is 4.18. The van der Waals surface area contributed by atoms with Crippen molar-refractivity contribution in [2.24, 2.45) is 0 Å². The van der Waals surface area contributed by atoms with Crippen molar-refractivity contribution in [2.75, 3.05) is 0 Å². The highest BCUT2D eigenvalue weighted by Crippen LogP contribution is 2.27. The van der Waals surface area contributed by atoms with Gasteiger partial charge in [-0.2, -0.15) is 8.78 Å². The van der Waals surface area contributed by atoms with Crippen LogP contribution in [0.1, 0.15) is 28.9 Å². The summed E-state index contributed by atoms with van der Waals surface area (Å²) in [5.41, 5.74) is 0.871. The molecular weight excluding hydrogens is 330 g/mol. The van der Waals surface area contributed by atoms with E-state index in [-0.39, 0.29) is 28.4 Å². The Hall–Kier alpha value is -1.66. The lowest BCUT2D eigenvalue weighted by Crippen LogP contribution is -2.27. The number of benzene rings is 1. The van der Waals surface area contributed by atoms with Gasteiger partial charge in [-0.15, -0.1) is 0 Å². The van der Waals surface area contributed by atoms with Crippen molar-refractivity contribution in [2.45, 2.75) is 23.7 Å². The van der Waals surface area contributed by atoms with Gasteiger partial charge in [0, 0.05) is 11.2 Å². The first kappa shape index (κ1) is 16.7. The van der Waals surface area contributed by atoms with Crippen LogP contribution < -0.4 is 5.32 Å². The number of carbonyl (C=O) groups is 1. The zero-order valence-corrected chi connectivity index (χ0v) is 13.2. The molecule has 0 aliphatic heterocycles. The topological polar surface area (TPSA) is 42.0 Å². The van der Waals surface area contributed by atoms with E-state index < -0.39 is 11.7 Å². The number of carbonyl (C=O) groups excluding carboxylic acids is 1. The molecule has 1 amide bonds. The van der Waals surface area contributed by atoms with E-state index >= 15 is 0 Å². The second-order valence-corrected chi connectivity index (χ2v) is 5.84. The Labute approximate surface area is 136 Å². The van der Waals surface area contributed by atoms with Crippen LogP contribution in [0.3, 0.4) is 0 Å². The smallest absolute Gasteiger partial charge is 0.290 e. The summed E-state index contributed by atoms with van der Waals surface area (Å²) in [5.74, 6) is -3.11. The molecule has 0 aliphatic carbocycles. The zero-order valence-electron chi connectivity index (χ0n) is 11.6. The van der Waals surface area contributed by atoms with Gasteiger partial charge < -0.3 is 5.32 Å². The maximum Gasteiger partial charge on any atom is 0.290 e. The quantitative estimate of drug-likeness (QED) is 0.811. The third-order valence-corrected chi connectivity index (χ3v) is 4.01. The van der Waals surface area contributed by atoms with Crippen LogP contribution in [0.25, 0.3) is 0 Å². The number of thioether (sulfide) groups is 1. The molecule has 0 radical (unpaired) electrons. The Kier molecular flexibility index (Phi) is 5.74. The lowest BCUT2D eigenvalue weighted by molar-refractivity contribution is 0.0936. The van der Waals surface area contributed by atoms with Gasteiger partial charge in [0.1, 0.15) is 5.03 Å². The van der Waals surface area contributed by atoms with E-state index in [0.717, 1.165) is 5.56 Å². The Bertz CT molecular complexity index is 669. The predicted octanol–water partition coefficient (Wildman–Crippen LogP) is 4.54. The molecule has 7 heteroatoms. The second kappa shape index (κ2) is 7.56. The lowest BCUT2D eigenvalue weighted by Gasteiger charge is -2.16. The fourth-order valence-electron chi connectivity index (χ4n) is 1.92. The molecule has 1 unspecified atom stereocenters. The van der Waals surface area contributed by atoms with Gasteiger partial charge in [0.05, 0.1) is 11.6 Å². The minimum atomic E-state index is -2.64. The molecule has 1 atom stereocenters. The Morgan fingerprint density at radius 3 is 2.68 bits per heavy atom. The summed E-state index contributed by atoms with van der Waals surface area (Å²) >= 11 is 6.33. The van der Waals surface area contributed by atoms with Gasteiger partial charge in [-0.05, 0) is 42.4 Å². The summed E-state index contributed by atoms with van der Waals surface area (Å²) in [4.78, 5) is 16.1. The zero-order chi connectivity index (χ0) is 16.1. The van der Waals surface area contributed by atoms with Crippen molar-refractivity contribution in [1.82, 2.24) is 10.3 Å². The first-order chi connectivity index (χ1) is 10.5. The van der Waals surface area contributed by atoms with Gasteiger partial charge in [-0.1, -0.05) is 29.8 Å². The van der Waals surface area contributed by atoms with Crippen LogP contribution in [0, 0.1) is 0 Å². The van der Waals surface area contributed by atoms with E-state index in [4.69, 9.17) is 11.6 Å². The molecular formula is C15H13ClF2N2OS. The molecule has 2 aromatic rings. The molecule has 3 nitrogen and oxygen atoms in total. The van der Waals surface area contributed by atoms with E-state index in [1.165, 1.54) is 18.3 Å². The number of amides is 1. The summed E-state index contributed by atoms with van der Waals surface area (Å²) in [6.45, 7) is 1.77. The van der Waals surface area contributed by atoms with Gasteiger partial charge >= 0.3 is 0 Å². The number of halogens is 3. The average Bonchev–Trinajstić information content (AvgIpc) is 2.47. The number of aromatic nitrogens is 1. The number of nitrogens with zero attached hydrogens (tertiary/aromatic N) is 1. The molecule has 0 fully saturated rings. The second-order valence-electron chi connectivity index (χ2n) is 4.45. The van der Waals surface area contributed by atoms with Crippen molar-refractivity contribution < 1.29 is 13.6 Å². The predicted molar refractivity (Wildman–Crippen MR) is 83.4 cm³/mol. The van der Waals surface area contributed by atoms with E-state index in [9.17, 15) is 13.6 Å². The van der Waals surface area contributed by atoms with Crippen LogP contribution in [0.2, 0.25) is 5.02 Å². The van der Waals surface area contributed by atoms with E-state index in [0.29, 0.717) is 5.02 Å². The molecule has 1 aromatic heterocycles. The summed E-state index contributed by atoms with van der Waals surface area (Å²) in [5, 5.41) is 3.28. The van der Waals surface area contributed by atoms with Crippen LogP contribution in [-0.2, 0) is 0 Å². The standard InChI is InChI=1S/C15H13ClF2N2OS/c1-9(10-5-2-3-7-12(10)16)20-13(21)11-6-4-8-19-14(11)22-15(17)18/h2-9,15H,1H3,(H,20,21). The Morgan fingerprint density at radius 1 is 1.27 bits per heavy atom. The van der Waals surface area contributed by atoms with Gasteiger partial charge in [-0.3, -0.25) is 4.79 Å². The minimum Gasteiger partial charge on any atom is -0.345 e. The maximum absolute atomic E-state index is 12.5. The van der Waals surface area contributed by atoms with Crippen molar-refractivity contribution in [1.29, 1.82) is 0 Å². The molecule has 22 heavy (non-hydrogen) atoms. The first-order valence-electron chi connectivity index (χ1n) is 6.44. The number of pyridine rings is 1. The highest BCUT2D eigenvalue weighted by Gasteiger charge is 2.19. The lowest BCUT2D eigenvalue weighted by atomic mass is 10.1. The third-order valence-electron chi connectivity index (χ3n) is 2.94. The molecule has 116 valence electrons. The van der Waals surface area contributed by atoms with Crippen LogP contribution >= 0.6 is 23.4 Å². The number of hydrogen-bond acceptors (Lipinski definition) is 3. The SMILES string of the molecule is CC(NC(=O)c1cccnc1SC(F)F)c1ccccc1Cl. The summed E-state index contributed by atoms with van der Waals surface area (Å²) in [7, 11) is 0. The van der Waals surface area contributed by atoms with Crippen molar-refractivity contribution in [3.63, 3.8) is 0 Å². The molecule has 2 rings (SSSR count). The fourth-order valence-corrected chi connectivity index (χ4v) is 2.80. The summed E-state index contributed by atoms with van der Waals surface area (Å²) in [6, 6.07) is 9.76. The highest BCUT2D eigenvalue weighted by atomic mass is 35.5. The molecule has 0 spiro atoms. The normalized spacial score (nSPS) is 12.2. The van der Waals surface area contributed by atoms with Crippen molar-refractivity contribution in [3.05, 3.63) is 58.7 Å². The van der Waals surface area contributed by atoms with Gasteiger partial charge in [0.25, 0.3) is 11.7 Å². The molecule has 0 bridgehead atoms. The number of nitrogens with one attached hydrogen (secondary N) is 1. The summed E-state index contributed by atoms with van der Waals surface area (Å²) in [6.07, 6.45) is 1.37. The molecule has 1 aromatic carbocycles. The summed E-state index contributed by atoms with van der Waals surface area (Å²) < 4.78 is 25.0. The minimum absolute atomic E-state index is 0.00126. The largest absolute Gasteiger partial charge is 0.345 e. The van der Waals surface area contributed by atoms with Crippen LogP contribution in [0.4, 0.5) is 8.78 Å². The van der Waals surface area contributed by atoms with Crippen molar-refractivity contribution in [3.8, 4) is 0 Å². The van der Waals surface area contributed by atoms with Crippen LogP contribution in [-0.4, -0.2) is 16.6 Å². The van der Waals surface area contributed by atoms with Crippen LogP contribution in [0.15, 0.2) is 47.6 Å². The van der Waals surface area contributed by atoms with Gasteiger partial charge in [-0.25, -0.2) is 4.98 Å². The molecule has 0 saturated carbocycles. The highest BCUT2D eigenvalue weighted by molar-refractivity contribution is 7.99. The van der Waals surface area contributed by atoms with Gasteiger partial charge in [0.15, 0.2) is 0 Å². The average molecular weight is 343 g/mol. The Morgan fingerprint density at radius 2 is 2.00 bits per heavy atom. The molecule has 0 aliphatic rings. The van der Waals surface area contributed by atoms with Gasteiger partial charge in [0.2, 0.25) is 0 Å². The fraction of sp³-hybridized carbons (Fsp3) is 0.200. The number of alkyl halides is 2. The monoisotopic (exact) mass is 342 g/mol. The van der Waals surface area contributed by atoms with E-state index in [1.54, 1.807) is 25.1 Å². The van der Waals surface area contributed by atoms with E-state index in [1.807, 2.05) is 6.07 Å². The van der Waals surface area contributed by atoms with E-state index in [2.05, 4.69) is 10.3 Å². The number of hydrogen-bond donors (Lipinski definition) is 1. The number of rotatable bonds is 5. The molecule has 0 saturated heterocycles. The molecule has 1 N–H and O–H groups in total. The maximum atomic E-state index is 12.5. The first-order valence-corrected chi connectivity index (χ1v) is 7.70. The van der Waals surface area contributed by atoms with Crippen LogP contribution in [0.5, 0.6) is 0 Å².